The summed E-state index contributed by atoms with van der Waals surface area (Å²) in [7, 11) is 0. The number of hydrogen-bond donors (Lipinski definition) is 2. The van der Waals surface area contributed by atoms with E-state index in [4.69, 9.17) is 0 Å². The smallest absolute Gasteiger partial charge is 0.324 e. The molecule has 1 saturated carbocycles. The number of rotatable bonds is 4. The summed E-state index contributed by atoms with van der Waals surface area (Å²) in [4.78, 5) is 36.9. The first-order valence-corrected chi connectivity index (χ1v) is 8.99. The molecule has 1 heterocycles. The Bertz CT molecular complexity index is 580. The topological polar surface area (TPSA) is 90.9 Å². The van der Waals surface area contributed by atoms with Gasteiger partial charge in [0, 0.05) is 18.7 Å². The van der Waals surface area contributed by atoms with Gasteiger partial charge in [0.1, 0.15) is 5.54 Å². The molecule has 2 rings (SSSR count). The van der Waals surface area contributed by atoms with Crippen LogP contribution in [0.3, 0.4) is 0 Å². The first-order chi connectivity index (χ1) is 11.5. The molecule has 2 aliphatic rings. The zero-order valence-corrected chi connectivity index (χ0v) is 15.9. The van der Waals surface area contributed by atoms with Crippen LogP contribution in [0.5, 0.6) is 0 Å². The maximum absolute atomic E-state index is 12.1. The first kappa shape index (κ1) is 19.4. The van der Waals surface area contributed by atoms with E-state index in [2.05, 4.69) is 36.6 Å². The monoisotopic (exact) mass is 350 g/mol. The van der Waals surface area contributed by atoms with Crippen molar-refractivity contribution in [3.63, 3.8) is 0 Å². The van der Waals surface area contributed by atoms with E-state index in [1.54, 1.807) is 13.8 Å². The largest absolute Gasteiger partial charge is 0.325 e. The van der Waals surface area contributed by atoms with Crippen LogP contribution in [0, 0.1) is 11.3 Å². The fourth-order valence-corrected chi connectivity index (χ4v) is 3.36. The van der Waals surface area contributed by atoms with Gasteiger partial charge in [0.15, 0.2) is 0 Å². The summed E-state index contributed by atoms with van der Waals surface area (Å²) in [5, 5.41) is 6.82. The van der Waals surface area contributed by atoms with Crippen LogP contribution >= 0.6 is 0 Å². The Morgan fingerprint density at radius 3 is 2.36 bits per heavy atom. The third kappa shape index (κ3) is 4.80. The quantitative estimate of drug-likeness (QED) is 0.602. The lowest BCUT2D eigenvalue weighted by Gasteiger charge is -2.34. The van der Waals surface area contributed by atoms with Gasteiger partial charge in [-0.2, -0.15) is 5.10 Å². The molecule has 1 saturated heterocycles. The fourth-order valence-electron chi connectivity index (χ4n) is 3.36. The van der Waals surface area contributed by atoms with Crippen LogP contribution in [0.2, 0.25) is 0 Å². The summed E-state index contributed by atoms with van der Waals surface area (Å²) >= 11 is 0. The van der Waals surface area contributed by atoms with E-state index in [1.165, 1.54) is 0 Å². The lowest BCUT2D eigenvalue weighted by atomic mass is 9.72. The van der Waals surface area contributed by atoms with E-state index >= 15 is 0 Å². The van der Waals surface area contributed by atoms with Gasteiger partial charge < -0.3 is 5.32 Å². The predicted octanol–water partition coefficient (Wildman–Crippen LogP) is 2.42. The van der Waals surface area contributed by atoms with Crippen molar-refractivity contribution in [1.82, 2.24) is 15.6 Å². The molecule has 2 N–H and O–H groups in total. The minimum atomic E-state index is -0.903. The highest BCUT2D eigenvalue weighted by Gasteiger charge is 2.44. The van der Waals surface area contributed by atoms with Crippen molar-refractivity contribution < 1.29 is 14.4 Å². The van der Waals surface area contributed by atoms with Crippen molar-refractivity contribution in [2.45, 2.75) is 72.3 Å². The van der Waals surface area contributed by atoms with Crippen molar-refractivity contribution in [3.05, 3.63) is 0 Å². The maximum Gasteiger partial charge on any atom is 0.325 e. The third-order valence-electron chi connectivity index (χ3n) is 5.13. The minimum absolute atomic E-state index is 0.0522. The Kier molecular flexibility index (Phi) is 5.54. The Hall–Kier alpha value is -1.92. The summed E-state index contributed by atoms with van der Waals surface area (Å²) in [6.45, 7) is 10.1. The zero-order valence-electron chi connectivity index (χ0n) is 15.9. The molecule has 0 aromatic rings. The molecule has 0 atom stereocenters. The van der Waals surface area contributed by atoms with Gasteiger partial charge in [-0.25, -0.2) is 10.2 Å². The number of carbonyl (C=O) groups is 3. The molecular formula is C18H30N4O3. The van der Waals surface area contributed by atoms with Gasteiger partial charge in [-0.05, 0) is 50.9 Å². The Morgan fingerprint density at radius 1 is 1.28 bits per heavy atom. The summed E-state index contributed by atoms with van der Waals surface area (Å²) in [6, 6.07) is -0.449. The molecule has 2 fully saturated rings. The lowest BCUT2D eigenvalue weighted by molar-refractivity contribution is -0.130. The van der Waals surface area contributed by atoms with Crippen LogP contribution in [0.4, 0.5) is 4.79 Å². The number of amides is 4. The number of urea groups is 1. The van der Waals surface area contributed by atoms with E-state index in [1.807, 2.05) is 0 Å². The van der Waals surface area contributed by atoms with Gasteiger partial charge in [0.2, 0.25) is 5.91 Å². The van der Waals surface area contributed by atoms with E-state index in [9.17, 15) is 14.4 Å². The number of nitrogens with zero attached hydrogens (tertiary/aromatic N) is 2. The standard InChI is InChI=1S/C18H30N4O3/c1-17(2,3)12-6-8-13(9-7-12)20-21-14(23)10-11-22-15(24)18(4,5)19-16(22)25/h12H,6-11H2,1-5H3,(H,19,25)(H,21,23). The molecule has 0 unspecified atom stereocenters. The van der Waals surface area contributed by atoms with Crippen LogP contribution in [0.15, 0.2) is 5.10 Å². The van der Waals surface area contributed by atoms with Gasteiger partial charge in [0.25, 0.3) is 5.91 Å². The van der Waals surface area contributed by atoms with E-state index in [-0.39, 0.29) is 24.8 Å². The first-order valence-electron chi connectivity index (χ1n) is 8.99. The number of imide groups is 1. The highest BCUT2D eigenvalue weighted by molar-refractivity contribution is 6.06. The van der Waals surface area contributed by atoms with Crippen LogP contribution < -0.4 is 10.7 Å². The molecule has 0 spiro atoms. The zero-order chi connectivity index (χ0) is 18.8. The normalized spacial score (nSPS) is 23.5. The molecule has 4 amide bonds. The van der Waals surface area contributed by atoms with Crippen molar-refractivity contribution in [2.24, 2.45) is 16.4 Å². The third-order valence-corrected chi connectivity index (χ3v) is 5.13. The summed E-state index contributed by atoms with van der Waals surface area (Å²) in [5.74, 6) is 0.0954. The van der Waals surface area contributed by atoms with Crippen LogP contribution in [-0.2, 0) is 9.59 Å². The lowest BCUT2D eigenvalue weighted by Crippen LogP contribution is -2.40. The highest BCUT2D eigenvalue weighted by atomic mass is 16.2. The van der Waals surface area contributed by atoms with Crippen molar-refractivity contribution in [2.75, 3.05) is 6.54 Å². The highest BCUT2D eigenvalue weighted by Crippen LogP contribution is 2.36. The van der Waals surface area contributed by atoms with Gasteiger partial charge in [-0.1, -0.05) is 20.8 Å². The molecule has 0 aromatic carbocycles. The number of carbonyl (C=O) groups excluding carboxylic acids is 3. The minimum Gasteiger partial charge on any atom is -0.324 e. The summed E-state index contributed by atoms with van der Waals surface area (Å²) in [5.41, 5.74) is 2.99. The summed E-state index contributed by atoms with van der Waals surface area (Å²) < 4.78 is 0. The van der Waals surface area contributed by atoms with Gasteiger partial charge in [-0.3, -0.25) is 14.5 Å². The second kappa shape index (κ2) is 7.14. The molecule has 25 heavy (non-hydrogen) atoms. The average molecular weight is 350 g/mol. The molecule has 0 radical (unpaired) electrons. The van der Waals surface area contributed by atoms with Gasteiger partial charge >= 0.3 is 6.03 Å². The second-order valence-corrected chi connectivity index (χ2v) is 8.62. The molecule has 7 nitrogen and oxygen atoms in total. The van der Waals surface area contributed by atoms with Crippen molar-refractivity contribution in [3.8, 4) is 0 Å². The fraction of sp³-hybridized carbons (Fsp3) is 0.778. The molecule has 140 valence electrons. The molecule has 1 aliphatic heterocycles. The predicted molar refractivity (Wildman–Crippen MR) is 95.9 cm³/mol. The van der Waals surface area contributed by atoms with Crippen LogP contribution in [0.25, 0.3) is 0 Å². The SMILES string of the molecule is CC1(C)NC(=O)N(CCC(=O)NN=C2CCC(C(C)(C)C)CC2)C1=O. The van der Waals surface area contributed by atoms with Crippen LogP contribution in [-0.4, -0.2) is 40.5 Å². The van der Waals surface area contributed by atoms with E-state index < -0.39 is 11.6 Å². The molecular weight excluding hydrogens is 320 g/mol. The van der Waals surface area contributed by atoms with E-state index in [0.717, 1.165) is 36.3 Å². The number of hydrogen-bond acceptors (Lipinski definition) is 4. The molecule has 1 aliphatic carbocycles. The second-order valence-electron chi connectivity index (χ2n) is 8.62. The molecule has 0 bridgehead atoms. The summed E-state index contributed by atoms with van der Waals surface area (Å²) in [6.07, 6.45) is 4.05. The Morgan fingerprint density at radius 2 is 1.88 bits per heavy atom. The Labute approximate surface area is 149 Å². The number of nitrogens with one attached hydrogen (secondary N) is 2. The van der Waals surface area contributed by atoms with E-state index in [0.29, 0.717) is 11.3 Å². The Balaban J connectivity index is 1.77. The molecule has 7 heteroatoms. The van der Waals surface area contributed by atoms with Gasteiger partial charge in [-0.15, -0.1) is 0 Å². The van der Waals surface area contributed by atoms with Crippen LogP contribution in [0.1, 0.15) is 66.7 Å². The average Bonchev–Trinajstić information content (AvgIpc) is 2.71. The maximum atomic E-state index is 12.1. The molecule has 0 aromatic heterocycles. The van der Waals surface area contributed by atoms with Crippen molar-refractivity contribution >= 4 is 23.6 Å². The van der Waals surface area contributed by atoms with Gasteiger partial charge in [0.05, 0.1) is 0 Å². The van der Waals surface area contributed by atoms with Crippen molar-refractivity contribution in [1.29, 1.82) is 0 Å². The number of hydrazone groups is 1.